The SMILES string of the molecule is COc1cccc(C(O)C2CCC(C)C(C)C2)n1. The summed E-state index contributed by atoms with van der Waals surface area (Å²) in [6, 6.07) is 5.58. The lowest BCUT2D eigenvalue weighted by molar-refractivity contribution is 0.0528. The largest absolute Gasteiger partial charge is 0.481 e. The Bertz CT molecular complexity index is 394. The summed E-state index contributed by atoms with van der Waals surface area (Å²) >= 11 is 0. The number of nitrogens with zero attached hydrogens (tertiary/aromatic N) is 1. The van der Waals surface area contributed by atoms with Crippen LogP contribution in [-0.2, 0) is 0 Å². The molecule has 0 aliphatic heterocycles. The van der Waals surface area contributed by atoms with Crippen molar-refractivity contribution in [2.24, 2.45) is 17.8 Å². The molecule has 0 amide bonds. The zero-order chi connectivity index (χ0) is 13.1. The van der Waals surface area contributed by atoms with Crippen LogP contribution in [0.2, 0.25) is 0 Å². The summed E-state index contributed by atoms with van der Waals surface area (Å²) in [6.45, 7) is 4.58. The molecule has 1 N–H and O–H groups in total. The average molecular weight is 249 g/mol. The van der Waals surface area contributed by atoms with Crippen molar-refractivity contribution in [1.29, 1.82) is 0 Å². The third-order valence-electron chi connectivity index (χ3n) is 4.34. The van der Waals surface area contributed by atoms with Gasteiger partial charge >= 0.3 is 0 Å². The van der Waals surface area contributed by atoms with Crippen molar-refractivity contribution in [2.45, 2.75) is 39.2 Å². The first-order chi connectivity index (χ1) is 8.61. The lowest BCUT2D eigenvalue weighted by Crippen LogP contribution is -2.25. The van der Waals surface area contributed by atoms with E-state index < -0.39 is 6.10 Å². The summed E-state index contributed by atoms with van der Waals surface area (Å²) in [5.41, 5.74) is 0.737. The minimum atomic E-state index is -0.463. The van der Waals surface area contributed by atoms with Gasteiger partial charge in [-0.2, -0.15) is 0 Å². The van der Waals surface area contributed by atoms with Crippen molar-refractivity contribution >= 4 is 0 Å². The molecule has 4 atom stereocenters. The summed E-state index contributed by atoms with van der Waals surface area (Å²) in [5.74, 6) is 2.36. The monoisotopic (exact) mass is 249 g/mol. The summed E-state index contributed by atoms with van der Waals surface area (Å²) in [5, 5.41) is 10.5. The molecule has 1 saturated carbocycles. The number of pyridine rings is 1. The zero-order valence-electron chi connectivity index (χ0n) is 11.5. The van der Waals surface area contributed by atoms with Gasteiger partial charge in [0.15, 0.2) is 0 Å². The number of aromatic nitrogens is 1. The second kappa shape index (κ2) is 5.70. The maximum atomic E-state index is 10.5. The predicted octanol–water partition coefficient (Wildman–Crippen LogP) is 3.20. The summed E-state index contributed by atoms with van der Waals surface area (Å²) in [7, 11) is 1.60. The Balaban J connectivity index is 2.08. The van der Waals surface area contributed by atoms with E-state index in [-0.39, 0.29) is 0 Å². The first-order valence-corrected chi connectivity index (χ1v) is 6.80. The van der Waals surface area contributed by atoms with Crippen LogP contribution in [0.15, 0.2) is 18.2 Å². The van der Waals surface area contributed by atoms with Crippen LogP contribution < -0.4 is 4.74 Å². The van der Waals surface area contributed by atoms with Crippen LogP contribution in [0.1, 0.15) is 44.9 Å². The van der Waals surface area contributed by atoms with Gasteiger partial charge in [0.2, 0.25) is 5.88 Å². The molecule has 0 spiro atoms. The number of aliphatic hydroxyl groups is 1. The van der Waals surface area contributed by atoms with E-state index in [0.717, 1.165) is 24.5 Å². The molecule has 0 bridgehead atoms. The topological polar surface area (TPSA) is 42.4 Å². The highest BCUT2D eigenvalue weighted by molar-refractivity contribution is 5.17. The van der Waals surface area contributed by atoms with E-state index in [1.54, 1.807) is 7.11 Å². The molecule has 0 aromatic carbocycles. The first-order valence-electron chi connectivity index (χ1n) is 6.80. The highest BCUT2D eigenvalue weighted by atomic mass is 16.5. The van der Waals surface area contributed by atoms with Crippen LogP contribution in [-0.4, -0.2) is 17.2 Å². The number of hydrogen-bond acceptors (Lipinski definition) is 3. The van der Waals surface area contributed by atoms with Gasteiger partial charge in [-0.25, -0.2) is 4.98 Å². The fourth-order valence-electron chi connectivity index (χ4n) is 2.83. The molecule has 3 heteroatoms. The van der Waals surface area contributed by atoms with Gasteiger partial charge in [0.25, 0.3) is 0 Å². The van der Waals surface area contributed by atoms with Gasteiger partial charge in [0, 0.05) is 6.07 Å². The molecule has 1 fully saturated rings. The van der Waals surface area contributed by atoms with Crippen molar-refractivity contribution in [1.82, 2.24) is 4.98 Å². The smallest absolute Gasteiger partial charge is 0.213 e. The van der Waals surface area contributed by atoms with Gasteiger partial charge in [0.05, 0.1) is 18.9 Å². The predicted molar refractivity (Wildman–Crippen MR) is 71.4 cm³/mol. The van der Waals surface area contributed by atoms with E-state index in [1.807, 2.05) is 18.2 Å². The average Bonchev–Trinajstić information content (AvgIpc) is 2.41. The summed E-state index contributed by atoms with van der Waals surface area (Å²) in [4.78, 5) is 4.34. The Kier molecular flexibility index (Phi) is 4.23. The van der Waals surface area contributed by atoms with Crippen molar-refractivity contribution in [3.05, 3.63) is 23.9 Å². The van der Waals surface area contributed by atoms with Crippen molar-refractivity contribution in [2.75, 3.05) is 7.11 Å². The second-order valence-corrected chi connectivity index (χ2v) is 5.58. The Morgan fingerprint density at radius 2 is 2.06 bits per heavy atom. The van der Waals surface area contributed by atoms with Crippen molar-refractivity contribution < 1.29 is 9.84 Å². The molecule has 4 unspecified atom stereocenters. The molecule has 18 heavy (non-hydrogen) atoms. The highest BCUT2D eigenvalue weighted by Gasteiger charge is 2.30. The molecule has 1 aromatic rings. The standard InChI is InChI=1S/C15H23NO2/c1-10-7-8-12(9-11(10)2)15(17)13-5-4-6-14(16-13)18-3/h4-6,10-12,15,17H,7-9H2,1-3H3. The van der Waals surface area contributed by atoms with Crippen LogP contribution in [0.5, 0.6) is 5.88 Å². The quantitative estimate of drug-likeness (QED) is 0.894. The van der Waals surface area contributed by atoms with Crippen LogP contribution in [0.3, 0.4) is 0 Å². The summed E-state index contributed by atoms with van der Waals surface area (Å²) in [6.07, 6.45) is 2.91. The zero-order valence-corrected chi connectivity index (χ0v) is 11.5. The molecular formula is C15H23NO2. The molecule has 100 valence electrons. The minimum Gasteiger partial charge on any atom is -0.481 e. The van der Waals surface area contributed by atoms with Gasteiger partial charge in [-0.3, -0.25) is 0 Å². The van der Waals surface area contributed by atoms with Gasteiger partial charge < -0.3 is 9.84 Å². The molecule has 1 heterocycles. The van der Waals surface area contributed by atoms with E-state index in [1.165, 1.54) is 6.42 Å². The van der Waals surface area contributed by atoms with Gasteiger partial charge in [-0.05, 0) is 36.7 Å². The fraction of sp³-hybridized carbons (Fsp3) is 0.667. The third kappa shape index (κ3) is 2.83. The number of ether oxygens (including phenoxy) is 1. The van der Waals surface area contributed by atoms with Crippen LogP contribution in [0.25, 0.3) is 0 Å². The summed E-state index contributed by atoms with van der Waals surface area (Å²) < 4.78 is 5.11. The van der Waals surface area contributed by atoms with Gasteiger partial charge in [-0.15, -0.1) is 0 Å². The van der Waals surface area contributed by atoms with E-state index in [9.17, 15) is 5.11 Å². The van der Waals surface area contributed by atoms with Crippen LogP contribution in [0, 0.1) is 17.8 Å². The van der Waals surface area contributed by atoms with Gasteiger partial charge in [0.1, 0.15) is 0 Å². The Labute approximate surface area is 109 Å². The van der Waals surface area contributed by atoms with E-state index in [2.05, 4.69) is 18.8 Å². The Hall–Kier alpha value is -1.09. The molecule has 1 aliphatic rings. The fourth-order valence-corrected chi connectivity index (χ4v) is 2.83. The molecule has 1 aromatic heterocycles. The number of methoxy groups -OCH3 is 1. The molecule has 1 aliphatic carbocycles. The lowest BCUT2D eigenvalue weighted by atomic mass is 9.73. The molecular weight excluding hydrogens is 226 g/mol. The van der Waals surface area contributed by atoms with Crippen LogP contribution >= 0.6 is 0 Å². The molecule has 0 saturated heterocycles. The van der Waals surface area contributed by atoms with E-state index in [4.69, 9.17) is 4.74 Å². The molecule has 2 rings (SSSR count). The number of rotatable bonds is 3. The number of aliphatic hydroxyl groups excluding tert-OH is 1. The Morgan fingerprint density at radius 3 is 2.72 bits per heavy atom. The normalized spacial score (nSPS) is 29.9. The maximum absolute atomic E-state index is 10.5. The highest BCUT2D eigenvalue weighted by Crippen LogP contribution is 2.39. The van der Waals surface area contributed by atoms with Gasteiger partial charge in [-0.1, -0.05) is 26.3 Å². The Morgan fingerprint density at radius 1 is 1.28 bits per heavy atom. The van der Waals surface area contributed by atoms with E-state index in [0.29, 0.717) is 17.7 Å². The molecule has 3 nitrogen and oxygen atoms in total. The second-order valence-electron chi connectivity index (χ2n) is 5.58. The van der Waals surface area contributed by atoms with E-state index >= 15 is 0 Å². The third-order valence-corrected chi connectivity index (χ3v) is 4.34. The number of hydrogen-bond donors (Lipinski definition) is 1. The minimum absolute atomic E-state index is 0.329. The maximum Gasteiger partial charge on any atom is 0.213 e. The first kappa shape index (κ1) is 13.3. The molecule has 0 radical (unpaired) electrons. The van der Waals surface area contributed by atoms with Crippen LogP contribution in [0.4, 0.5) is 0 Å². The van der Waals surface area contributed by atoms with Crippen molar-refractivity contribution in [3.8, 4) is 5.88 Å². The van der Waals surface area contributed by atoms with Crippen molar-refractivity contribution in [3.63, 3.8) is 0 Å². The lowest BCUT2D eigenvalue weighted by Gasteiger charge is -2.34.